The maximum absolute atomic E-state index is 13.1. The third-order valence-electron chi connectivity index (χ3n) is 5.31. The molecule has 1 heterocycles. The van der Waals surface area contributed by atoms with E-state index in [0.717, 1.165) is 23.4 Å². The summed E-state index contributed by atoms with van der Waals surface area (Å²) in [6.07, 6.45) is 0. The van der Waals surface area contributed by atoms with Gasteiger partial charge in [0.15, 0.2) is 5.15 Å². The summed E-state index contributed by atoms with van der Waals surface area (Å²) in [6, 6.07) is 17.8. The van der Waals surface area contributed by atoms with Crippen LogP contribution >= 0.6 is 23.2 Å². The van der Waals surface area contributed by atoms with Crippen molar-refractivity contribution in [2.24, 2.45) is 0 Å². The van der Waals surface area contributed by atoms with Gasteiger partial charge in [0.1, 0.15) is 12.4 Å². The van der Waals surface area contributed by atoms with Crippen LogP contribution in [0.1, 0.15) is 10.4 Å². The molecule has 0 radical (unpaired) electrons. The lowest BCUT2D eigenvalue weighted by atomic mass is 10.0. The molecule has 4 rings (SSSR count). The summed E-state index contributed by atoms with van der Waals surface area (Å²) in [5, 5.41) is 11.7. The minimum absolute atomic E-state index is 0.0493. The van der Waals surface area contributed by atoms with Gasteiger partial charge in [0, 0.05) is 17.5 Å². The van der Waals surface area contributed by atoms with Crippen molar-refractivity contribution in [1.29, 1.82) is 0 Å². The van der Waals surface area contributed by atoms with E-state index in [0.29, 0.717) is 33.7 Å². The fourth-order valence-corrected chi connectivity index (χ4v) is 3.85. The van der Waals surface area contributed by atoms with E-state index in [-0.39, 0.29) is 17.5 Å². The standard InChI is InChI=1S/C26H22Cl2N4O4/c1-32(2)10-11-35-19-5-3-4-16(12-19)17-7-9-22(27)23(14-17)29-25(34)18-6-8-20-21(13-18)26(36-15-33)31-30-24(20)28/h3-9,12-15H,10-11H2,1-2H3,(H,29,34). The average molecular weight is 525 g/mol. The lowest BCUT2D eigenvalue weighted by molar-refractivity contribution is -0.120. The molecule has 0 saturated heterocycles. The second kappa shape index (κ2) is 11.3. The highest BCUT2D eigenvalue weighted by Gasteiger charge is 2.15. The van der Waals surface area contributed by atoms with E-state index in [1.807, 2.05) is 49.3 Å². The van der Waals surface area contributed by atoms with Gasteiger partial charge in [-0.05, 0) is 61.6 Å². The maximum atomic E-state index is 13.1. The second-order valence-corrected chi connectivity index (χ2v) is 8.86. The molecule has 1 N–H and O–H groups in total. The van der Waals surface area contributed by atoms with Crippen LogP contribution < -0.4 is 14.8 Å². The number of hydrogen-bond acceptors (Lipinski definition) is 7. The molecule has 10 heteroatoms. The molecular formula is C26H22Cl2N4O4. The van der Waals surface area contributed by atoms with E-state index in [1.54, 1.807) is 24.3 Å². The molecule has 0 unspecified atom stereocenters. The monoisotopic (exact) mass is 524 g/mol. The number of fused-ring (bicyclic) bond motifs is 1. The van der Waals surface area contributed by atoms with Crippen molar-refractivity contribution < 1.29 is 19.1 Å². The van der Waals surface area contributed by atoms with Gasteiger partial charge >= 0.3 is 0 Å². The third-order valence-corrected chi connectivity index (χ3v) is 5.92. The lowest BCUT2D eigenvalue weighted by Gasteiger charge is -2.13. The number of likely N-dealkylation sites (N-methyl/N-ethyl adjacent to an activating group) is 1. The smallest absolute Gasteiger partial charge is 0.299 e. The van der Waals surface area contributed by atoms with Crippen LogP contribution in [-0.4, -0.2) is 54.7 Å². The van der Waals surface area contributed by atoms with E-state index in [1.165, 1.54) is 6.07 Å². The summed E-state index contributed by atoms with van der Waals surface area (Å²) in [4.78, 5) is 25.9. The Bertz CT molecular complexity index is 1430. The van der Waals surface area contributed by atoms with Gasteiger partial charge in [0.05, 0.1) is 16.1 Å². The van der Waals surface area contributed by atoms with Crippen molar-refractivity contribution in [1.82, 2.24) is 15.1 Å². The molecule has 0 spiro atoms. The molecule has 0 bridgehead atoms. The molecule has 0 atom stereocenters. The van der Waals surface area contributed by atoms with Gasteiger partial charge in [-0.25, -0.2) is 0 Å². The highest BCUT2D eigenvalue weighted by atomic mass is 35.5. The Kier molecular flexibility index (Phi) is 8.00. The minimum Gasteiger partial charge on any atom is -0.492 e. The zero-order chi connectivity index (χ0) is 25.7. The molecule has 8 nitrogen and oxygen atoms in total. The quantitative estimate of drug-likeness (QED) is 0.295. The molecule has 0 fully saturated rings. The summed E-state index contributed by atoms with van der Waals surface area (Å²) in [5.74, 6) is 0.287. The maximum Gasteiger partial charge on any atom is 0.299 e. The number of aromatic nitrogens is 2. The van der Waals surface area contributed by atoms with Crippen LogP contribution in [-0.2, 0) is 4.79 Å². The van der Waals surface area contributed by atoms with Crippen LogP contribution in [0.4, 0.5) is 5.69 Å². The molecule has 0 aliphatic rings. The zero-order valence-corrected chi connectivity index (χ0v) is 21.0. The number of halogens is 2. The van der Waals surface area contributed by atoms with Gasteiger partial charge in [-0.3, -0.25) is 9.59 Å². The number of ether oxygens (including phenoxy) is 2. The average Bonchev–Trinajstić information content (AvgIpc) is 2.87. The van der Waals surface area contributed by atoms with Gasteiger partial charge in [-0.1, -0.05) is 47.5 Å². The number of hydrogen-bond donors (Lipinski definition) is 1. The molecule has 1 amide bonds. The molecule has 4 aromatic rings. The number of amides is 1. The number of nitrogens with zero attached hydrogens (tertiary/aromatic N) is 3. The molecule has 0 aliphatic heterocycles. The van der Waals surface area contributed by atoms with Crippen LogP contribution in [0.15, 0.2) is 60.7 Å². The molecular weight excluding hydrogens is 503 g/mol. The molecule has 184 valence electrons. The van der Waals surface area contributed by atoms with Crippen molar-refractivity contribution in [2.45, 2.75) is 0 Å². The van der Waals surface area contributed by atoms with Crippen LogP contribution in [0.25, 0.3) is 21.9 Å². The number of nitrogens with one attached hydrogen (secondary N) is 1. The van der Waals surface area contributed by atoms with Crippen molar-refractivity contribution in [2.75, 3.05) is 32.6 Å². The first-order valence-corrected chi connectivity index (χ1v) is 11.7. The summed E-state index contributed by atoms with van der Waals surface area (Å²) in [5.41, 5.74) is 2.50. The van der Waals surface area contributed by atoms with Gasteiger partial charge in [-0.15, -0.1) is 10.2 Å². The van der Waals surface area contributed by atoms with E-state index in [4.69, 9.17) is 32.7 Å². The van der Waals surface area contributed by atoms with Crippen LogP contribution in [0, 0.1) is 0 Å². The van der Waals surface area contributed by atoms with Crippen LogP contribution in [0.5, 0.6) is 11.6 Å². The highest BCUT2D eigenvalue weighted by molar-refractivity contribution is 6.35. The summed E-state index contributed by atoms with van der Waals surface area (Å²) < 4.78 is 10.7. The topological polar surface area (TPSA) is 93.7 Å². The van der Waals surface area contributed by atoms with Crippen LogP contribution in [0.3, 0.4) is 0 Å². The van der Waals surface area contributed by atoms with E-state index in [9.17, 15) is 9.59 Å². The van der Waals surface area contributed by atoms with E-state index >= 15 is 0 Å². The van der Waals surface area contributed by atoms with Crippen molar-refractivity contribution in [3.8, 4) is 22.8 Å². The Labute approximate surface area is 217 Å². The van der Waals surface area contributed by atoms with Crippen molar-refractivity contribution in [3.05, 3.63) is 76.4 Å². The SMILES string of the molecule is CN(C)CCOc1cccc(-c2ccc(Cl)c(NC(=O)c3ccc4c(Cl)nnc(OC=O)c4c3)c2)c1. The molecule has 1 aromatic heterocycles. The zero-order valence-electron chi connectivity index (χ0n) is 19.5. The third kappa shape index (κ3) is 5.91. The summed E-state index contributed by atoms with van der Waals surface area (Å²) in [7, 11) is 3.98. The summed E-state index contributed by atoms with van der Waals surface area (Å²) in [6.45, 7) is 1.61. The lowest BCUT2D eigenvalue weighted by Crippen LogP contribution is -2.19. The van der Waals surface area contributed by atoms with Crippen molar-refractivity contribution >= 4 is 52.0 Å². The summed E-state index contributed by atoms with van der Waals surface area (Å²) >= 11 is 12.5. The van der Waals surface area contributed by atoms with Crippen molar-refractivity contribution in [3.63, 3.8) is 0 Å². The van der Waals surface area contributed by atoms with Gasteiger partial charge < -0.3 is 19.7 Å². The minimum atomic E-state index is -0.415. The first-order valence-electron chi connectivity index (χ1n) is 10.9. The number of rotatable bonds is 9. The fraction of sp³-hybridized carbons (Fsp3) is 0.154. The number of carbonyl (C=O) groups excluding carboxylic acids is 2. The van der Waals surface area contributed by atoms with Gasteiger partial charge in [0.2, 0.25) is 5.88 Å². The highest BCUT2D eigenvalue weighted by Crippen LogP contribution is 2.32. The number of benzene rings is 3. The Morgan fingerprint density at radius 3 is 2.58 bits per heavy atom. The van der Waals surface area contributed by atoms with E-state index in [2.05, 4.69) is 15.5 Å². The van der Waals surface area contributed by atoms with Gasteiger partial charge in [0.25, 0.3) is 12.4 Å². The second-order valence-electron chi connectivity index (χ2n) is 8.10. The Morgan fingerprint density at radius 1 is 1.00 bits per heavy atom. The predicted octanol–water partition coefficient (Wildman–Crippen LogP) is 5.33. The Hall–Kier alpha value is -3.72. The Morgan fingerprint density at radius 2 is 1.81 bits per heavy atom. The first kappa shape index (κ1) is 25.4. The molecule has 3 aromatic carbocycles. The van der Waals surface area contributed by atoms with E-state index < -0.39 is 5.91 Å². The molecule has 0 aliphatic carbocycles. The largest absolute Gasteiger partial charge is 0.492 e. The van der Waals surface area contributed by atoms with Gasteiger partial charge in [-0.2, -0.15) is 0 Å². The number of carbonyl (C=O) groups is 2. The number of anilines is 1. The van der Waals surface area contributed by atoms with Crippen LogP contribution in [0.2, 0.25) is 10.2 Å². The Balaban J connectivity index is 1.58. The molecule has 0 saturated carbocycles. The predicted molar refractivity (Wildman–Crippen MR) is 140 cm³/mol. The first-order chi connectivity index (χ1) is 17.4. The molecule has 36 heavy (non-hydrogen) atoms. The normalized spacial score (nSPS) is 10.9. The fourth-order valence-electron chi connectivity index (χ4n) is 3.48.